The summed E-state index contributed by atoms with van der Waals surface area (Å²) in [5.41, 5.74) is 3.84. The third kappa shape index (κ3) is 2.41. The molecule has 0 fully saturated rings. The number of rotatable bonds is 1. The molecule has 1 aliphatic rings. The summed E-state index contributed by atoms with van der Waals surface area (Å²) >= 11 is 5.94. The van der Waals surface area contributed by atoms with Crippen LogP contribution in [0, 0.1) is 6.92 Å². The number of pyridine rings is 1. The fourth-order valence-corrected chi connectivity index (χ4v) is 2.76. The van der Waals surface area contributed by atoms with Crippen molar-refractivity contribution in [2.45, 2.75) is 19.8 Å². The number of benzene rings is 1. The Morgan fingerprint density at radius 1 is 1.30 bits per heavy atom. The zero-order valence-electron chi connectivity index (χ0n) is 11.3. The molecule has 0 saturated heterocycles. The minimum Gasteiger partial charge on any atom is -0.307 e. The van der Waals surface area contributed by atoms with Crippen LogP contribution in [0.15, 0.2) is 36.5 Å². The first kappa shape index (κ1) is 13.1. The summed E-state index contributed by atoms with van der Waals surface area (Å²) in [4.78, 5) is 18.5. The van der Waals surface area contributed by atoms with Gasteiger partial charge in [0.1, 0.15) is 5.69 Å². The van der Waals surface area contributed by atoms with E-state index in [0.717, 1.165) is 25.1 Å². The summed E-state index contributed by atoms with van der Waals surface area (Å²) in [6, 6.07) is 9.50. The van der Waals surface area contributed by atoms with Crippen molar-refractivity contribution >= 4 is 23.2 Å². The van der Waals surface area contributed by atoms with Crippen LogP contribution in [0.3, 0.4) is 0 Å². The van der Waals surface area contributed by atoms with E-state index in [9.17, 15) is 4.79 Å². The lowest BCUT2D eigenvalue weighted by molar-refractivity contribution is 0.0980. The predicted octanol–water partition coefficient (Wildman–Crippen LogP) is 3.64. The number of aryl methyl sites for hydroxylation is 2. The Labute approximate surface area is 123 Å². The van der Waals surface area contributed by atoms with Gasteiger partial charge in [0.25, 0.3) is 5.91 Å². The molecular weight excluding hydrogens is 272 g/mol. The normalized spacial score (nSPS) is 14.0. The van der Waals surface area contributed by atoms with Gasteiger partial charge in [0.15, 0.2) is 0 Å². The van der Waals surface area contributed by atoms with Crippen LogP contribution >= 0.6 is 11.6 Å². The molecule has 1 aliphatic heterocycles. The second-order valence-corrected chi connectivity index (χ2v) is 5.49. The third-order valence-electron chi connectivity index (χ3n) is 3.54. The molecule has 2 heterocycles. The molecule has 102 valence electrons. The molecule has 0 aliphatic carbocycles. The Bertz CT molecular complexity index is 669. The molecular formula is C16H15ClN2O. The lowest BCUT2D eigenvalue weighted by Crippen LogP contribution is -2.36. The van der Waals surface area contributed by atoms with E-state index < -0.39 is 0 Å². The molecule has 0 bridgehead atoms. The second-order valence-electron chi connectivity index (χ2n) is 5.05. The van der Waals surface area contributed by atoms with Crippen LogP contribution in [0.25, 0.3) is 0 Å². The minimum absolute atomic E-state index is 0.0858. The molecule has 0 atom stereocenters. The first-order valence-corrected chi connectivity index (χ1v) is 7.06. The number of halogens is 1. The van der Waals surface area contributed by atoms with Crippen molar-refractivity contribution in [1.82, 2.24) is 4.98 Å². The van der Waals surface area contributed by atoms with Gasteiger partial charge in [-0.3, -0.25) is 9.78 Å². The van der Waals surface area contributed by atoms with Crippen molar-refractivity contribution < 1.29 is 4.79 Å². The molecule has 4 heteroatoms. The van der Waals surface area contributed by atoms with Gasteiger partial charge in [-0.1, -0.05) is 29.3 Å². The number of carbonyl (C=O) groups is 1. The maximum Gasteiger partial charge on any atom is 0.276 e. The Balaban J connectivity index is 1.98. The molecule has 0 unspecified atom stereocenters. The first-order valence-electron chi connectivity index (χ1n) is 6.68. The highest BCUT2D eigenvalue weighted by atomic mass is 35.5. The van der Waals surface area contributed by atoms with Gasteiger partial charge in [-0.25, -0.2) is 0 Å². The average molecular weight is 287 g/mol. The number of hydrogen-bond acceptors (Lipinski definition) is 2. The van der Waals surface area contributed by atoms with Crippen LogP contribution < -0.4 is 4.90 Å². The zero-order chi connectivity index (χ0) is 14.1. The molecule has 1 amide bonds. The van der Waals surface area contributed by atoms with Gasteiger partial charge >= 0.3 is 0 Å². The molecule has 0 saturated carbocycles. The summed E-state index contributed by atoms with van der Waals surface area (Å²) in [5, 5.41) is 0.532. The molecule has 0 N–H and O–H groups in total. The van der Waals surface area contributed by atoms with Gasteiger partial charge in [0.2, 0.25) is 0 Å². The van der Waals surface area contributed by atoms with E-state index in [0.29, 0.717) is 10.7 Å². The first-order chi connectivity index (χ1) is 9.65. The Morgan fingerprint density at radius 3 is 2.95 bits per heavy atom. The highest BCUT2D eigenvalue weighted by Crippen LogP contribution is 2.29. The van der Waals surface area contributed by atoms with Gasteiger partial charge in [-0.15, -0.1) is 0 Å². The molecule has 3 rings (SSSR count). The summed E-state index contributed by atoms with van der Waals surface area (Å²) in [6.45, 7) is 2.79. The molecule has 1 aromatic carbocycles. The van der Waals surface area contributed by atoms with Crippen molar-refractivity contribution in [2.75, 3.05) is 11.4 Å². The second kappa shape index (κ2) is 5.25. The fraction of sp³-hybridized carbons (Fsp3) is 0.250. The van der Waals surface area contributed by atoms with E-state index in [-0.39, 0.29) is 5.91 Å². The summed E-state index contributed by atoms with van der Waals surface area (Å²) in [6.07, 6.45) is 3.56. The molecule has 2 aromatic rings. The third-order valence-corrected chi connectivity index (χ3v) is 3.77. The number of hydrogen-bond donors (Lipinski definition) is 0. The van der Waals surface area contributed by atoms with Gasteiger partial charge in [-0.05, 0) is 43.5 Å². The number of anilines is 1. The highest BCUT2D eigenvalue weighted by molar-refractivity contribution is 6.31. The van der Waals surface area contributed by atoms with Gasteiger partial charge in [0.05, 0.1) is 0 Å². The van der Waals surface area contributed by atoms with Crippen molar-refractivity contribution in [3.05, 3.63) is 58.4 Å². The van der Waals surface area contributed by atoms with E-state index in [2.05, 4.69) is 18.0 Å². The minimum atomic E-state index is -0.0858. The van der Waals surface area contributed by atoms with E-state index in [4.69, 9.17) is 11.6 Å². The monoisotopic (exact) mass is 286 g/mol. The summed E-state index contributed by atoms with van der Waals surface area (Å²) in [7, 11) is 0. The van der Waals surface area contributed by atoms with E-state index in [1.165, 1.54) is 11.1 Å². The lowest BCUT2D eigenvalue weighted by Gasteiger charge is -2.29. The van der Waals surface area contributed by atoms with Gasteiger partial charge < -0.3 is 4.90 Å². The van der Waals surface area contributed by atoms with Crippen molar-refractivity contribution in [3.63, 3.8) is 0 Å². The van der Waals surface area contributed by atoms with Crippen molar-refractivity contribution in [1.29, 1.82) is 0 Å². The Morgan fingerprint density at radius 2 is 2.15 bits per heavy atom. The SMILES string of the molecule is Cc1ccc2c(c1)CCCN2C(=O)c1cc(Cl)ccn1. The Kier molecular flexibility index (Phi) is 3.45. The fourth-order valence-electron chi connectivity index (χ4n) is 2.60. The number of amides is 1. The smallest absolute Gasteiger partial charge is 0.276 e. The largest absolute Gasteiger partial charge is 0.307 e. The van der Waals surface area contributed by atoms with Gasteiger partial charge in [0, 0.05) is 23.5 Å². The van der Waals surface area contributed by atoms with Crippen LogP contribution in [0.5, 0.6) is 0 Å². The maximum absolute atomic E-state index is 12.6. The zero-order valence-corrected chi connectivity index (χ0v) is 12.0. The van der Waals surface area contributed by atoms with E-state index >= 15 is 0 Å². The van der Waals surface area contributed by atoms with Crippen LogP contribution in [-0.4, -0.2) is 17.4 Å². The predicted molar refractivity (Wildman–Crippen MR) is 80.4 cm³/mol. The number of fused-ring (bicyclic) bond motifs is 1. The quantitative estimate of drug-likeness (QED) is 0.802. The summed E-state index contributed by atoms with van der Waals surface area (Å²) < 4.78 is 0. The maximum atomic E-state index is 12.6. The molecule has 20 heavy (non-hydrogen) atoms. The highest BCUT2D eigenvalue weighted by Gasteiger charge is 2.24. The molecule has 0 radical (unpaired) electrons. The molecule has 3 nitrogen and oxygen atoms in total. The van der Waals surface area contributed by atoms with E-state index in [1.807, 2.05) is 12.1 Å². The topological polar surface area (TPSA) is 33.2 Å². The average Bonchev–Trinajstić information content (AvgIpc) is 2.45. The van der Waals surface area contributed by atoms with Crippen LogP contribution in [0.2, 0.25) is 5.02 Å². The number of nitrogens with zero attached hydrogens (tertiary/aromatic N) is 2. The van der Waals surface area contributed by atoms with Gasteiger partial charge in [-0.2, -0.15) is 0 Å². The summed E-state index contributed by atoms with van der Waals surface area (Å²) in [5.74, 6) is -0.0858. The van der Waals surface area contributed by atoms with Crippen LogP contribution in [0.4, 0.5) is 5.69 Å². The van der Waals surface area contributed by atoms with Crippen molar-refractivity contribution in [2.24, 2.45) is 0 Å². The van der Waals surface area contributed by atoms with E-state index in [1.54, 1.807) is 23.2 Å². The standard InChI is InChI=1S/C16H15ClN2O/c1-11-4-5-15-12(9-11)3-2-8-19(15)16(20)14-10-13(17)6-7-18-14/h4-7,9-10H,2-3,8H2,1H3. The van der Waals surface area contributed by atoms with Crippen LogP contribution in [0.1, 0.15) is 28.0 Å². The number of carbonyl (C=O) groups excluding carboxylic acids is 1. The van der Waals surface area contributed by atoms with Crippen LogP contribution in [-0.2, 0) is 6.42 Å². The Hall–Kier alpha value is -1.87. The molecule has 1 aromatic heterocycles. The van der Waals surface area contributed by atoms with Crippen molar-refractivity contribution in [3.8, 4) is 0 Å². The molecule has 0 spiro atoms. The lowest BCUT2D eigenvalue weighted by atomic mass is 9.99. The number of aromatic nitrogens is 1.